The van der Waals surface area contributed by atoms with E-state index >= 15 is 0 Å². The van der Waals surface area contributed by atoms with Crippen LogP contribution in [0.15, 0.2) is 18.3 Å². The lowest BCUT2D eigenvalue weighted by atomic mass is 10.1. The Hall–Kier alpha value is -1.25. The average Bonchev–Trinajstić information content (AvgIpc) is 3.16. The van der Waals surface area contributed by atoms with E-state index < -0.39 is 0 Å². The highest BCUT2D eigenvalue weighted by atomic mass is 16.2. The van der Waals surface area contributed by atoms with Crippen LogP contribution in [0.4, 0.5) is 0 Å². The minimum Gasteiger partial charge on any atom is -0.353 e. The Balaban J connectivity index is 1.86. The van der Waals surface area contributed by atoms with Gasteiger partial charge in [0.05, 0.1) is 6.04 Å². The molecule has 1 aliphatic carbocycles. The summed E-state index contributed by atoms with van der Waals surface area (Å²) in [6, 6.07) is 4.56. The number of likely N-dealkylation sites (tertiary alicyclic amines) is 1. The molecule has 18 heavy (non-hydrogen) atoms. The zero-order chi connectivity index (χ0) is 12.5. The number of hydrogen-bond acceptors (Lipinski definition) is 1. The molecule has 0 bridgehead atoms. The van der Waals surface area contributed by atoms with Gasteiger partial charge in [-0.2, -0.15) is 0 Å². The molecule has 2 aliphatic rings. The normalized spacial score (nSPS) is 24.9. The van der Waals surface area contributed by atoms with Gasteiger partial charge in [0.2, 0.25) is 5.91 Å². The summed E-state index contributed by atoms with van der Waals surface area (Å²) in [6.45, 7) is 0.950. The van der Waals surface area contributed by atoms with Gasteiger partial charge in [-0.3, -0.25) is 4.79 Å². The van der Waals surface area contributed by atoms with Crippen LogP contribution >= 0.6 is 0 Å². The van der Waals surface area contributed by atoms with E-state index in [1.807, 2.05) is 0 Å². The van der Waals surface area contributed by atoms with Crippen molar-refractivity contribution in [2.75, 3.05) is 6.54 Å². The summed E-state index contributed by atoms with van der Waals surface area (Å²) in [5.41, 5.74) is 1.30. The van der Waals surface area contributed by atoms with Gasteiger partial charge in [0.25, 0.3) is 0 Å². The summed E-state index contributed by atoms with van der Waals surface area (Å²) in [4.78, 5) is 14.6. The molecular formula is C15H22N2O. The Morgan fingerprint density at radius 3 is 2.72 bits per heavy atom. The smallest absolute Gasteiger partial charge is 0.226 e. The lowest BCUT2D eigenvalue weighted by molar-refractivity contribution is -0.135. The maximum absolute atomic E-state index is 12.4. The quantitative estimate of drug-likeness (QED) is 0.787. The third-order valence-corrected chi connectivity index (χ3v) is 4.29. The van der Waals surface area contributed by atoms with Crippen molar-refractivity contribution in [2.24, 2.45) is 13.0 Å². The zero-order valence-corrected chi connectivity index (χ0v) is 11.1. The van der Waals surface area contributed by atoms with Gasteiger partial charge >= 0.3 is 0 Å². The third kappa shape index (κ3) is 2.18. The molecule has 0 N–H and O–H groups in total. The van der Waals surface area contributed by atoms with E-state index in [1.165, 1.54) is 25.0 Å². The van der Waals surface area contributed by atoms with Crippen LogP contribution in [0, 0.1) is 5.92 Å². The predicted molar refractivity (Wildman–Crippen MR) is 71.1 cm³/mol. The highest BCUT2D eigenvalue weighted by Gasteiger charge is 2.37. The molecular weight excluding hydrogens is 224 g/mol. The first-order chi connectivity index (χ1) is 8.77. The first kappa shape index (κ1) is 11.8. The van der Waals surface area contributed by atoms with Crippen molar-refractivity contribution in [2.45, 2.75) is 44.6 Å². The van der Waals surface area contributed by atoms with Crippen molar-refractivity contribution >= 4 is 5.91 Å². The summed E-state index contributed by atoms with van der Waals surface area (Å²) < 4.78 is 2.17. The molecule has 98 valence electrons. The van der Waals surface area contributed by atoms with Crippen LogP contribution in [0.3, 0.4) is 0 Å². The molecule has 1 atom stereocenters. The van der Waals surface area contributed by atoms with Crippen LogP contribution in [0.5, 0.6) is 0 Å². The first-order valence-electron chi connectivity index (χ1n) is 7.19. The molecule has 3 heteroatoms. The zero-order valence-electron chi connectivity index (χ0n) is 11.1. The molecule has 1 aromatic heterocycles. The summed E-state index contributed by atoms with van der Waals surface area (Å²) in [7, 11) is 2.08. The first-order valence-corrected chi connectivity index (χ1v) is 7.19. The average molecular weight is 246 g/mol. The molecule has 0 unspecified atom stereocenters. The van der Waals surface area contributed by atoms with Crippen molar-refractivity contribution in [3.05, 3.63) is 24.0 Å². The fourth-order valence-electron chi connectivity index (χ4n) is 3.06. The van der Waals surface area contributed by atoms with E-state index in [-0.39, 0.29) is 0 Å². The standard InChI is InChI=1S/C15H22N2O/c1-16-10-5-7-13(16)14-6-3-2-4-11-17(14)15(18)12-8-9-12/h5,7,10,12,14H,2-4,6,8-9,11H2,1H3/t14-/m0/s1. The molecule has 3 nitrogen and oxygen atoms in total. The fraction of sp³-hybridized carbons (Fsp3) is 0.667. The molecule has 0 aromatic carbocycles. The Kier molecular flexibility index (Phi) is 3.14. The van der Waals surface area contributed by atoms with Crippen LogP contribution in [0.1, 0.15) is 50.3 Å². The fourth-order valence-corrected chi connectivity index (χ4v) is 3.06. The van der Waals surface area contributed by atoms with Crippen LogP contribution in [0.25, 0.3) is 0 Å². The monoisotopic (exact) mass is 246 g/mol. The Morgan fingerprint density at radius 2 is 2.06 bits per heavy atom. The topological polar surface area (TPSA) is 25.2 Å². The van der Waals surface area contributed by atoms with E-state index in [2.05, 4.69) is 34.8 Å². The maximum atomic E-state index is 12.4. The van der Waals surface area contributed by atoms with Crippen LogP contribution in [-0.4, -0.2) is 21.9 Å². The molecule has 1 saturated heterocycles. The predicted octanol–water partition coefficient (Wildman–Crippen LogP) is 2.88. The van der Waals surface area contributed by atoms with Crippen molar-refractivity contribution in [1.29, 1.82) is 0 Å². The summed E-state index contributed by atoms with van der Waals surface area (Å²) in [6.07, 6.45) is 9.08. The number of aryl methyl sites for hydroxylation is 1. The highest BCUT2D eigenvalue weighted by Crippen LogP contribution is 2.37. The van der Waals surface area contributed by atoms with E-state index in [4.69, 9.17) is 0 Å². The van der Waals surface area contributed by atoms with E-state index in [0.29, 0.717) is 17.9 Å². The van der Waals surface area contributed by atoms with Crippen molar-refractivity contribution in [3.63, 3.8) is 0 Å². The molecule has 2 fully saturated rings. The Bertz CT molecular complexity index is 433. The Morgan fingerprint density at radius 1 is 1.22 bits per heavy atom. The second-order valence-electron chi connectivity index (χ2n) is 5.71. The largest absolute Gasteiger partial charge is 0.353 e. The van der Waals surface area contributed by atoms with Gasteiger partial charge in [0.15, 0.2) is 0 Å². The van der Waals surface area contributed by atoms with E-state index in [1.54, 1.807) is 0 Å². The second kappa shape index (κ2) is 4.79. The SMILES string of the molecule is Cn1cccc1[C@@H]1CCCCCN1C(=O)C1CC1. The molecule has 1 aromatic rings. The summed E-state index contributed by atoms with van der Waals surface area (Å²) in [5, 5.41) is 0. The molecule has 1 aliphatic heterocycles. The number of hydrogen-bond donors (Lipinski definition) is 0. The van der Waals surface area contributed by atoms with Gasteiger partial charge in [0.1, 0.15) is 0 Å². The summed E-state index contributed by atoms with van der Waals surface area (Å²) in [5.74, 6) is 0.744. The van der Waals surface area contributed by atoms with Crippen LogP contribution in [-0.2, 0) is 11.8 Å². The molecule has 2 heterocycles. The van der Waals surface area contributed by atoms with Crippen molar-refractivity contribution in [1.82, 2.24) is 9.47 Å². The number of nitrogens with zero attached hydrogens (tertiary/aromatic N) is 2. The maximum Gasteiger partial charge on any atom is 0.226 e. The lowest BCUT2D eigenvalue weighted by Crippen LogP contribution is -2.36. The molecule has 1 saturated carbocycles. The number of rotatable bonds is 2. The van der Waals surface area contributed by atoms with E-state index in [9.17, 15) is 4.79 Å². The van der Waals surface area contributed by atoms with Crippen LogP contribution in [0.2, 0.25) is 0 Å². The molecule has 1 amide bonds. The Labute approximate surface area is 109 Å². The highest BCUT2D eigenvalue weighted by molar-refractivity contribution is 5.81. The second-order valence-corrected chi connectivity index (χ2v) is 5.71. The van der Waals surface area contributed by atoms with Gasteiger partial charge in [-0.15, -0.1) is 0 Å². The number of amides is 1. The number of aromatic nitrogens is 1. The number of carbonyl (C=O) groups is 1. The third-order valence-electron chi connectivity index (χ3n) is 4.29. The molecule has 0 radical (unpaired) electrons. The molecule has 0 spiro atoms. The minimum absolute atomic E-state index is 0.306. The number of carbonyl (C=O) groups excluding carboxylic acids is 1. The lowest BCUT2D eigenvalue weighted by Gasteiger charge is -2.30. The van der Waals surface area contributed by atoms with Crippen LogP contribution < -0.4 is 0 Å². The van der Waals surface area contributed by atoms with Gasteiger partial charge < -0.3 is 9.47 Å². The van der Waals surface area contributed by atoms with Gasteiger partial charge in [-0.25, -0.2) is 0 Å². The summed E-state index contributed by atoms with van der Waals surface area (Å²) >= 11 is 0. The van der Waals surface area contributed by atoms with Gasteiger partial charge in [-0.05, 0) is 37.8 Å². The minimum atomic E-state index is 0.306. The van der Waals surface area contributed by atoms with Gasteiger partial charge in [0, 0.05) is 31.4 Å². The molecule has 3 rings (SSSR count). The van der Waals surface area contributed by atoms with E-state index in [0.717, 1.165) is 25.8 Å². The van der Waals surface area contributed by atoms with Gasteiger partial charge in [-0.1, -0.05) is 12.8 Å². The van der Waals surface area contributed by atoms with Crippen molar-refractivity contribution in [3.8, 4) is 0 Å². The van der Waals surface area contributed by atoms with Crippen molar-refractivity contribution < 1.29 is 4.79 Å².